The Morgan fingerprint density at radius 1 is 1.67 bits per heavy atom. The summed E-state index contributed by atoms with van der Waals surface area (Å²) in [5, 5.41) is 3.18. The highest BCUT2D eigenvalue weighted by molar-refractivity contribution is 7.14. The molecule has 0 aliphatic carbocycles. The number of carbonyl (C=O) groups excluding carboxylic acids is 1. The second-order valence-electron chi connectivity index (χ2n) is 4.72. The van der Waals surface area contributed by atoms with Crippen molar-refractivity contribution in [2.45, 2.75) is 13.3 Å². The molecule has 0 saturated carbocycles. The molecule has 0 unspecified atom stereocenters. The van der Waals surface area contributed by atoms with Gasteiger partial charge >= 0.3 is 0 Å². The van der Waals surface area contributed by atoms with Crippen LogP contribution in [-0.4, -0.2) is 44.6 Å². The van der Waals surface area contributed by atoms with Crippen LogP contribution >= 0.6 is 11.3 Å². The van der Waals surface area contributed by atoms with E-state index in [-0.39, 0.29) is 5.91 Å². The molecule has 1 aliphatic heterocycles. The summed E-state index contributed by atoms with van der Waals surface area (Å²) in [4.78, 5) is 16.2. The van der Waals surface area contributed by atoms with Crippen LogP contribution < -0.4 is 10.1 Å². The highest BCUT2D eigenvalue weighted by Crippen LogP contribution is 2.31. The standard InChI is InChI=1S/C13H20N2O2S/c1-9-6-11(17-3)12(18-9)13(16)15-5-4-10(8-15)7-14-2/h6,10,14H,4-5,7-8H2,1-3H3/t10-/m1/s1. The number of carbonyl (C=O) groups is 1. The van der Waals surface area contributed by atoms with Crippen LogP contribution in [0.25, 0.3) is 0 Å². The van der Waals surface area contributed by atoms with E-state index < -0.39 is 0 Å². The molecule has 1 fully saturated rings. The molecule has 2 heterocycles. The minimum Gasteiger partial charge on any atom is -0.495 e. The van der Waals surface area contributed by atoms with Gasteiger partial charge in [-0.25, -0.2) is 0 Å². The van der Waals surface area contributed by atoms with Crippen LogP contribution in [0.5, 0.6) is 5.75 Å². The Hall–Kier alpha value is -1.07. The quantitative estimate of drug-likeness (QED) is 0.904. The van der Waals surface area contributed by atoms with E-state index in [1.807, 2.05) is 24.9 Å². The van der Waals surface area contributed by atoms with Crippen molar-refractivity contribution in [2.24, 2.45) is 5.92 Å². The van der Waals surface area contributed by atoms with Crippen molar-refractivity contribution in [1.29, 1.82) is 0 Å². The smallest absolute Gasteiger partial charge is 0.267 e. The van der Waals surface area contributed by atoms with Gasteiger partial charge < -0.3 is 15.0 Å². The minimum atomic E-state index is 0.114. The molecule has 18 heavy (non-hydrogen) atoms. The maximum atomic E-state index is 12.4. The highest BCUT2D eigenvalue weighted by atomic mass is 32.1. The number of ether oxygens (including phenoxy) is 1. The number of hydrogen-bond acceptors (Lipinski definition) is 4. The highest BCUT2D eigenvalue weighted by Gasteiger charge is 2.29. The van der Waals surface area contributed by atoms with Crippen LogP contribution in [0.15, 0.2) is 6.07 Å². The fraction of sp³-hybridized carbons (Fsp3) is 0.615. The largest absolute Gasteiger partial charge is 0.495 e. The first-order chi connectivity index (χ1) is 8.65. The predicted octanol–water partition coefficient (Wildman–Crippen LogP) is 1.75. The number of hydrogen-bond donors (Lipinski definition) is 1. The summed E-state index contributed by atoms with van der Waals surface area (Å²) >= 11 is 1.52. The average Bonchev–Trinajstić information content (AvgIpc) is 2.95. The van der Waals surface area contributed by atoms with E-state index >= 15 is 0 Å². The van der Waals surface area contributed by atoms with E-state index in [9.17, 15) is 4.79 Å². The zero-order chi connectivity index (χ0) is 13.1. The molecule has 1 aromatic rings. The number of nitrogens with zero attached hydrogens (tertiary/aromatic N) is 1. The number of methoxy groups -OCH3 is 1. The van der Waals surface area contributed by atoms with Gasteiger partial charge in [-0.1, -0.05) is 0 Å². The maximum absolute atomic E-state index is 12.4. The van der Waals surface area contributed by atoms with Gasteiger partial charge in [-0.05, 0) is 38.9 Å². The Morgan fingerprint density at radius 2 is 2.44 bits per heavy atom. The molecular formula is C13H20N2O2S. The average molecular weight is 268 g/mol. The van der Waals surface area contributed by atoms with Crippen molar-refractivity contribution >= 4 is 17.2 Å². The summed E-state index contributed by atoms with van der Waals surface area (Å²) in [5.74, 6) is 1.40. The topological polar surface area (TPSA) is 41.6 Å². The molecule has 0 aromatic carbocycles. The summed E-state index contributed by atoms with van der Waals surface area (Å²) in [6.07, 6.45) is 1.08. The Labute approximate surface area is 112 Å². The SMILES string of the molecule is CNC[C@H]1CCN(C(=O)c2sc(C)cc2OC)C1. The fourth-order valence-corrected chi connectivity index (χ4v) is 3.35. The molecule has 1 N–H and O–H groups in total. The lowest BCUT2D eigenvalue weighted by atomic mass is 10.1. The van der Waals surface area contributed by atoms with E-state index in [0.29, 0.717) is 11.7 Å². The third-order valence-electron chi connectivity index (χ3n) is 3.30. The zero-order valence-corrected chi connectivity index (χ0v) is 12.0. The van der Waals surface area contributed by atoms with Crippen molar-refractivity contribution < 1.29 is 9.53 Å². The molecule has 0 radical (unpaired) electrons. The van der Waals surface area contributed by atoms with Gasteiger partial charge in [-0.2, -0.15) is 0 Å². The first-order valence-electron chi connectivity index (χ1n) is 6.24. The molecule has 1 amide bonds. The van der Waals surface area contributed by atoms with Crippen LogP contribution in [-0.2, 0) is 0 Å². The third-order valence-corrected chi connectivity index (χ3v) is 4.32. The molecule has 1 atom stereocenters. The summed E-state index contributed by atoms with van der Waals surface area (Å²) in [5.41, 5.74) is 0. The summed E-state index contributed by atoms with van der Waals surface area (Å²) in [6, 6.07) is 1.93. The second kappa shape index (κ2) is 5.71. The summed E-state index contributed by atoms with van der Waals surface area (Å²) in [7, 11) is 3.57. The van der Waals surface area contributed by atoms with E-state index in [1.54, 1.807) is 7.11 Å². The predicted molar refractivity (Wildman–Crippen MR) is 73.5 cm³/mol. The van der Waals surface area contributed by atoms with Crippen LogP contribution in [0.3, 0.4) is 0 Å². The summed E-state index contributed by atoms with van der Waals surface area (Å²) in [6.45, 7) is 4.67. The van der Waals surface area contributed by atoms with Crippen LogP contribution in [0, 0.1) is 12.8 Å². The molecule has 0 spiro atoms. The molecule has 100 valence electrons. The molecule has 1 aliphatic rings. The third kappa shape index (κ3) is 2.67. The molecule has 1 saturated heterocycles. The summed E-state index contributed by atoms with van der Waals surface area (Å²) < 4.78 is 5.27. The molecule has 2 rings (SSSR count). The monoisotopic (exact) mass is 268 g/mol. The lowest BCUT2D eigenvalue weighted by Gasteiger charge is -2.16. The van der Waals surface area contributed by atoms with Crippen molar-refractivity contribution in [3.63, 3.8) is 0 Å². The second-order valence-corrected chi connectivity index (χ2v) is 5.97. The normalized spacial score (nSPS) is 19.3. The van der Waals surface area contributed by atoms with E-state index in [1.165, 1.54) is 11.3 Å². The molecule has 0 bridgehead atoms. The van der Waals surface area contributed by atoms with Crippen molar-refractivity contribution in [2.75, 3.05) is 33.8 Å². The number of aryl methyl sites for hydroxylation is 1. The molecule has 1 aromatic heterocycles. The van der Waals surface area contributed by atoms with Crippen LogP contribution in [0.1, 0.15) is 21.0 Å². The van der Waals surface area contributed by atoms with Crippen molar-refractivity contribution in [3.05, 3.63) is 15.8 Å². The maximum Gasteiger partial charge on any atom is 0.267 e. The van der Waals surface area contributed by atoms with Gasteiger partial charge in [0.25, 0.3) is 5.91 Å². The van der Waals surface area contributed by atoms with Gasteiger partial charge in [0.2, 0.25) is 0 Å². The number of rotatable bonds is 4. The van der Waals surface area contributed by atoms with Crippen LogP contribution in [0.4, 0.5) is 0 Å². The van der Waals surface area contributed by atoms with Crippen molar-refractivity contribution in [3.8, 4) is 5.75 Å². The first-order valence-corrected chi connectivity index (χ1v) is 7.05. The number of likely N-dealkylation sites (tertiary alicyclic amines) is 1. The van der Waals surface area contributed by atoms with E-state index in [4.69, 9.17) is 4.74 Å². The minimum absolute atomic E-state index is 0.114. The first kappa shape index (κ1) is 13.4. The lowest BCUT2D eigenvalue weighted by Crippen LogP contribution is -2.30. The van der Waals surface area contributed by atoms with Crippen LogP contribution in [0.2, 0.25) is 0 Å². The van der Waals surface area contributed by atoms with Gasteiger partial charge in [0, 0.05) is 18.0 Å². The Kier molecular flexibility index (Phi) is 4.24. The number of thiophene rings is 1. The molecule has 4 nitrogen and oxygen atoms in total. The molecular weight excluding hydrogens is 248 g/mol. The van der Waals surface area contributed by atoms with Gasteiger partial charge in [0.15, 0.2) is 0 Å². The van der Waals surface area contributed by atoms with Crippen molar-refractivity contribution in [1.82, 2.24) is 10.2 Å². The van der Waals surface area contributed by atoms with E-state index in [0.717, 1.165) is 35.8 Å². The van der Waals surface area contributed by atoms with Gasteiger partial charge in [0.05, 0.1) is 7.11 Å². The fourth-order valence-electron chi connectivity index (χ4n) is 2.41. The number of amides is 1. The zero-order valence-electron chi connectivity index (χ0n) is 11.2. The Morgan fingerprint density at radius 3 is 3.11 bits per heavy atom. The van der Waals surface area contributed by atoms with E-state index in [2.05, 4.69) is 5.32 Å². The Bertz CT molecular complexity index is 431. The lowest BCUT2D eigenvalue weighted by molar-refractivity contribution is 0.0789. The van der Waals surface area contributed by atoms with Gasteiger partial charge in [-0.3, -0.25) is 4.79 Å². The van der Waals surface area contributed by atoms with Gasteiger partial charge in [0.1, 0.15) is 10.6 Å². The Balaban J connectivity index is 2.07. The molecule has 5 heteroatoms. The van der Waals surface area contributed by atoms with Gasteiger partial charge in [-0.15, -0.1) is 11.3 Å². The number of nitrogens with one attached hydrogen (secondary N) is 1.